The summed E-state index contributed by atoms with van der Waals surface area (Å²) in [6.45, 7) is 0. The van der Waals surface area contributed by atoms with Crippen molar-refractivity contribution in [2.75, 3.05) is 26.6 Å². The van der Waals surface area contributed by atoms with Crippen molar-refractivity contribution in [2.45, 2.75) is 12.3 Å². The molecule has 0 radical (unpaired) electrons. The van der Waals surface area contributed by atoms with E-state index >= 15 is 0 Å². The lowest BCUT2D eigenvalue weighted by Crippen LogP contribution is -2.25. The summed E-state index contributed by atoms with van der Waals surface area (Å²) >= 11 is 0. The van der Waals surface area contributed by atoms with Crippen LogP contribution in [0.3, 0.4) is 0 Å². The molecule has 0 bridgehead atoms. The van der Waals surface area contributed by atoms with Gasteiger partial charge in [0.1, 0.15) is 12.1 Å². The minimum Gasteiger partial charge on any atom is -0.493 e. The van der Waals surface area contributed by atoms with E-state index in [-0.39, 0.29) is 24.1 Å². The number of fused-ring (bicyclic) bond motifs is 1. The van der Waals surface area contributed by atoms with Crippen molar-refractivity contribution >= 4 is 11.7 Å². The monoisotopic (exact) mass is 397 g/mol. The Labute approximate surface area is 167 Å². The molecule has 0 aliphatic carbocycles. The fraction of sp³-hybridized carbons (Fsp3) is 0.238. The number of anilines is 1. The summed E-state index contributed by atoms with van der Waals surface area (Å²) in [5, 5.41) is 2.81. The van der Waals surface area contributed by atoms with Crippen LogP contribution < -0.4 is 19.5 Å². The third kappa shape index (κ3) is 3.26. The molecule has 150 valence electrons. The smallest absolute Gasteiger partial charge is 0.226 e. The topological polar surface area (TPSA) is 74.6 Å². The number of hydrogen-bond donors (Lipinski definition) is 1. The van der Waals surface area contributed by atoms with Crippen molar-refractivity contribution in [2.24, 2.45) is 0 Å². The summed E-state index contributed by atoms with van der Waals surface area (Å²) in [5.41, 5.74) is 2.36. The molecule has 0 fully saturated rings. The number of methoxy groups -OCH3 is 3. The largest absolute Gasteiger partial charge is 0.493 e. The van der Waals surface area contributed by atoms with Gasteiger partial charge in [-0.15, -0.1) is 0 Å². The van der Waals surface area contributed by atoms with E-state index < -0.39 is 0 Å². The predicted molar refractivity (Wildman–Crippen MR) is 105 cm³/mol. The second-order valence-corrected chi connectivity index (χ2v) is 6.59. The zero-order chi connectivity index (χ0) is 20.5. The number of ether oxygens (including phenoxy) is 3. The number of nitrogens with zero attached hydrogens (tertiary/aromatic N) is 2. The SMILES string of the molecule is COc1cc([C@H]2CC(=O)Nc3ncn(-c4ccc(F)cc4)c32)cc(OC)c1OC. The van der Waals surface area contributed by atoms with Gasteiger partial charge in [0.15, 0.2) is 17.3 Å². The fourth-order valence-corrected chi connectivity index (χ4v) is 3.64. The van der Waals surface area contributed by atoms with Gasteiger partial charge in [-0.2, -0.15) is 0 Å². The van der Waals surface area contributed by atoms with Crippen LogP contribution in [0.1, 0.15) is 23.6 Å². The van der Waals surface area contributed by atoms with Crippen LogP contribution in [-0.2, 0) is 4.79 Å². The summed E-state index contributed by atoms with van der Waals surface area (Å²) in [6.07, 6.45) is 1.84. The average Bonchev–Trinajstić information content (AvgIpc) is 3.16. The van der Waals surface area contributed by atoms with Gasteiger partial charge in [0.25, 0.3) is 0 Å². The van der Waals surface area contributed by atoms with E-state index in [0.717, 1.165) is 16.9 Å². The molecule has 1 N–H and O–H groups in total. The van der Waals surface area contributed by atoms with Crippen LogP contribution in [-0.4, -0.2) is 36.8 Å². The van der Waals surface area contributed by atoms with E-state index in [4.69, 9.17) is 14.2 Å². The van der Waals surface area contributed by atoms with Gasteiger partial charge in [0.2, 0.25) is 11.7 Å². The maximum atomic E-state index is 13.4. The molecule has 3 aromatic rings. The molecule has 0 saturated carbocycles. The quantitative estimate of drug-likeness (QED) is 0.713. The second kappa shape index (κ2) is 7.46. The van der Waals surface area contributed by atoms with Gasteiger partial charge in [-0.1, -0.05) is 0 Å². The molecule has 0 saturated heterocycles. The number of hydrogen-bond acceptors (Lipinski definition) is 5. The van der Waals surface area contributed by atoms with E-state index in [2.05, 4.69) is 10.3 Å². The molecular weight excluding hydrogens is 377 g/mol. The normalized spacial score (nSPS) is 15.4. The molecule has 0 unspecified atom stereocenters. The Morgan fingerprint density at radius 1 is 1.07 bits per heavy atom. The van der Waals surface area contributed by atoms with Crippen LogP contribution >= 0.6 is 0 Å². The number of nitrogens with one attached hydrogen (secondary N) is 1. The van der Waals surface area contributed by atoms with Crippen LogP contribution in [0.5, 0.6) is 17.2 Å². The maximum Gasteiger partial charge on any atom is 0.226 e. The molecule has 2 aromatic carbocycles. The number of carbonyl (C=O) groups excluding carboxylic acids is 1. The van der Waals surface area contributed by atoms with Gasteiger partial charge < -0.3 is 24.1 Å². The Balaban J connectivity index is 1.88. The summed E-state index contributed by atoms with van der Waals surface area (Å²) in [6, 6.07) is 9.77. The molecule has 1 aromatic heterocycles. The van der Waals surface area contributed by atoms with Crippen LogP contribution in [0.25, 0.3) is 5.69 Å². The molecule has 2 heterocycles. The number of carbonyl (C=O) groups is 1. The van der Waals surface area contributed by atoms with Gasteiger partial charge in [0, 0.05) is 18.0 Å². The Bertz CT molecular complexity index is 1040. The lowest BCUT2D eigenvalue weighted by atomic mass is 9.89. The highest BCUT2D eigenvalue weighted by Gasteiger charge is 2.32. The molecule has 1 aliphatic rings. The van der Waals surface area contributed by atoms with Gasteiger partial charge >= 0.3 is 0 Å². The van der Waals surface area contributed by atoms with E-state index in [1.807, 2.05) is 16.7 Å². The van der Waals surface area contributed by atoms with E-state index in [9.17, 15) is 9.18 Å². The minimum atomic E-state index is -0.322. The third-order valence-electron chi connectivity index (χ3n) is 4.98. The summed E-state index contributed by atoms with van der Waals surface area (Å²) < 4.78 is 31.6. The van der Waals surface area contributed by atoms with Crippen molar-refractivity contribution in [3.63, 3.8) is 0 Å². The van der Waals surface area contributed by atoms with Crippen LogP contribution in [0, 0.1) is 5.82 Å². The Morgan fingerprint density at radius 3 is 2.31 bits per heavy atom. The van der Waals surface area contributed by atoms with Gasteiger partial charge in [0.05, 0.1) is 27.0 Å². The summed E-state index contributed by atoms with van der Waals surface area (Å²) in [4.78, 5) is 16.7. The molecule has 1 atom stereocenters. The zero-order valence-electron chi connectivity index (χ0n) is 16.2. The predicted octanol–water partition coefficient (Wildman–Crippen LogP) is 3.51. The number of imidazole rings is 1. The molecule has 4 rings (SSSR count). The minimum absolute atomic E-state index is 0.138. The van der Waals surface area contributed by atoms with Crippen molar-refractivity contribution in [3.8, 4) is 22.9 Å². The summed E-state index contributed by atoms with van der Waals surface area (Å²) in [5.74, 6) is 1.19. The third-order valence-corrected chi connectivity index (χ3v) is 4.98. The number of rotatable bonds is 5. The van der Waals surface area contributed by atoms with Crippen molar-refractivity contribution in [3.05, 3.63) is 59.8 Å². The number of benzene rings is 2. The molecular formula is C21H20FN3O4. The molecule has 8 heteroatoms. The number of amides is 1. The standard InChI is InChI=1S/C21H20FN3O4/c1-27-16-8-12(9-17(28-2)20(16)29-3)15-10-18(26)24-21-19(15)25(11-23-21)14-6-4-13(22)5-7-14/h4-9,11,15H,10H2,1-3H3,(H,24,26)/t15-/m1/s1. The number of aromatic nitrogens is 2. The maximum absolute atomic E-state index is 13.4. The van der Waals surface area contributed by atoms with Gasteiger partial charge in [-0.25, -0.2) is 9.37 Å². The first kappa shape index (κ1) is 18.8. The fourth-order valence-electron chi connectivity index (χ4n) is 3.64. The lowest BCUT2D eigenvalue weighted by Gasteiger charge is -2.26. The first-order chi connectivity index (χ1) is 14.0. The first-order valence-corrected chi connectivity index (χ1v) is 8.98. The van der Waals surface area contributed by atoms with Crippen molar-refractivity contribution in [1.29, 1.82) is 0 Å². The Morgan fingerprint density at radius 2 is 1.72 bits per heavy atom. The highest BCUT2D eigenvalue weighted by Crippen LogP contribution is 2.44. The van der Waals surface area contributed by atoms with Crippen LogP contribution in [0.4, 0.5) is 10.2 Å². The zero-order valence-corrected chi connectivity index (χ0v) is 16.2. The van der Waals surface area contributed by atoms with Crippen LogP contribution in [0.2, 0.25) is 0 Å². The second-order valence-electron chi connectivity index (χ2n) is 6.59. The van der Waals surface area contributed by atoms with Gasteiger partial charge in [-0.05, 0) is 42.0 Å². The molecule has 1 amide bonds. The van der Waals surface area contributed by atoms with E-state index in [1.54, 1.807) is 32.7 Å². The average molecular weight is 397 g/mol. The first-order valence-electron chi connectivity index (χ1n) is 8.98. The highest BCUT2D eigenvalue weighted by molar-refractivity contribution is 5.94. The van der Waals surface area contributed by atoms with Crippen molar-refractivity contribution < 1.29 is 23.4 Å². The molecule has 1 aliphatic heterocycles. The Hall–Kier alpha value is -3.55. The molecule has 7 nitrogen and oxygen atoms in total. The van der Waals surface area contributed by atoms with Gasteiger partial charge in [-0.3, -0.25) is 4.79 Å². The van der Waals surface area contributed by atoms with Crippen LogP contribution in [0.15, 0.2) is 42.7 Å². The molecule has 0 spiro atoms. The Kier molecular flexibility index (Phi) is 4.84. The van der Waals surface area contributed by atoms with E-state index in [0.29, 0.717) is 23.1 Å². The lowest BCUT2D eigenvalue weighted by molar-refractivity contribution is -0.116. The highest BCUT2D eigenvalue weighted by atomic mass is 19.1. The summed E-state index contributed by atoms with van der Waals surface area (Å²) in [7, 11) is 4.63. The van der Waals surface area contributed by atoms with E-state index in [1.165, 1.54) is 19.2 Å². The van der Waals surface area contributed by atoms with Crippen molar-refractivity contribution in [1.82, 2.24) is 9.55 Å². The number of halogens is 1. The molecule has 29 heavy (non-hydrogen) atoms.